The molecule has 0 unspecified atom stereocenters. The molecule has 2 N–H and O–H groups in total. The zero-order valence-corrected chi connectivity index (χ0v) is 12.7. The molecule has 2 aromatic carbocycles. The molecule has 0 radical (unpaired) electrons. The first-order valence-electron chi connectivity index (χ1n) is 7.37. The fourth-order valence-corrected chi connectivity index (χ4v) is 2.88. The molecule has 1 aromatic heterocycles. The maximum absolute atomic E-state index is 13.3. The summed E-state index contributed by atoms with van der Waals surface area (Å²) in [5.41, 5.74) is 2.31. The van der Waals surface area contributed by atoms with Crippen molar-refractivity contribution in [3.63, 3.8) is 0 Å². The Bertz CT molecular complexity index is 818. The van der Waals surface area contributed by atoms with Crippen molar-refractivity contribution in [3.8, 4) is 0 Å². The molecule has 23 heavy (non-hydrogen) atoms. The quantitative estimate of drug-likeness (QED) is 0.728. The third-order valence-corrected chi connectivity index (χ3v) is 3.94. The summed E-state index contributed by atoms with van der Waals surface area (Å²) in [6, 6.07) is 12.0. The Morgan fingerprint density at radius 2 is 1.91 bits per heavy atom. The Labute approximate surface area is 132 Å². The van der Waals surface area contributed by atoms with Crippen molar-refractivity contribution in [2.75, 3.05) is 7.05 Å². The van der Waals surface area contributed by atoms with Gasteiger partial charge in [-0.25, -0.2) is 0 Å². The van der Waals surface area contributed by atoms with Gasteiger partial charge in [0.25, 0.3) is 0 Å². The molecule has 0 atom stereocenters. The molecule has 0 saturated carbocycles. The Hall–Kier alpha value is -2.27. The van der Waals surface area contributed by atoms with Gasteiger partial charge in [0.05, 0.1) is 5.56 Å². The monoisotopic (exact) mass is 318 g/mol. The highest BCUT2D eigenvalue weighted by atomic mass is 19.4. The highest BCUT2D eigenvalue weighted by molar-refractivity contribution is 5.80. The first-order valence-corrected chi connectivity index (χ1v) is 7.37. The molecule has 0 bridgehead atoms. The van der Waals surface area contributed by atoms with Crippen LogP contribution < -0.4 is 5.32 Å². The number of halogens is 3. The zero-order chi connectivity index (χ0) is 16.4. The van der Waals surface area contributed by atoms with Gasteiger partial charge in [-0.05, 0) is 59.8 Å². The van der Waals surface area contributed by atoms with Gasteiger partial charge < -0.3 is 10.3 Å². The van der Waals surface area contributed by atoms with Crippen molar-refractivity contribution in [1.82, 2.24) is 10.3 Å². The van der Waals surface area contributed by atoms with Gasteiger partial charge in [0.15, 0.2) is 0 Å². The molecular formula is C18H17F3N2. The number of aromatic nitrogens is 1. The van der Waals surface area contributed by atoms with Crippen LogP contribution in [0, 0.1) is 0 Å². The standard InChI is InChI=1S/C18H17F3N2/c1-22-11-14-3-2-4-16(18(19,20)21)15(14)10-12-5-6-17-13(9-12)7-8-23-17/h2-9,22-23H,10-11H2,1H3. The Morgan fingerprint density at radius 3 is 2.65 bits per heavy atom. The highest BCUT2D eigenvalue weighted by Crippen LogP contribution is 2.34. The first-order chi connectivity index (χ1) is 11.0. The molecule has 0 amide bonds. The van der Waals surface area contributed by atoms with E-state index in [1.54, 1.807) is 13.1 Å². The van der Waals surface area contributed by atoms with Crippen LogP contribution in [0.3, 0.4) is 0 Å². The van der Waals surface area contributed by atoms with Gasteiger partial charge in [0, 0.05) is 18.3 Å². The molecule has 0 fully saturated rings. The smallest absolute Gasteiger partial charge is 0.361 e. The fourth-order valence-electron chi connectivity index (χ4n) is 2.88. The van der Waals surface area contributed by atoms with Gasteiger partial charge in [0.1, 0.15) is 0 Å². The number of benzene rings is 2. The Balaban J connectivity index is 2.05. The number of nitrogens with one attached hydrogen (secondary N) is 2. The largest absolute Gasteiger partial charge is 0.416 e. The number of aromatic amines is 1. The summed E-state index contributed by atoms with van der Waals surface area (Å²) < 4.78 is 40.0. The van der Waals surface area contributed by atoms with Gasteiger partial charge in [-0.1, -0.05) is 18.2 Å². The van der Waals surface area contributed by atoms with E-state index in [0.717, 1.165) is 22.5 Å². The van der Waals surface area contributed by atoms with E-state index >= 15 is 0 Å². The fraction of sp³-hybridized carbons (Fsp3) is 0.222. The minimum atomic E-state index is -4.35. The molecule has 1 heterocycles. The van der Waals surface area contributed by atoms with E-state index in [9.17, 15) is 13.2 Å². The predicted octanol–water partition coefficient (Wildman–Crippen LogP) is 4.50. The third-order valence-electron chi connectivity index (χ3n) is 3.94. The molecular weight excluding hydrogens is 301 g/mol. The second kappa shape index (κ2) is 6.08. The summed E-state index contributed by atoms with van der Waals surface area (Å²) in [5.74, 6) is 0. The average molecular weight is 318 g/mol. The van der Waals surface area contributed by atoms with Gasteiger partial charge in [-0.15, -0.1) is 0 Å². The van der Waals surface area contributed by atoms with E-state index in [4.69, 9.17) is 0 Å². The minimum Gasteiger partial charge on any atom is -0.361 e. The van der Waals surface area contributed by atoms with E-state index in [1.165, 1.54) is 6.07 Å². The Morgan fingerprint density at radius 1 is 1.09 bits per heavy atom. The van der Waals surface area contributed by atoms with Crippen LogP contribution in [-0.2, 0) is 19.1 Å². The van der Waals surface area contributed by atoms with Gasteiger partial charge in [0.2, 0.25) is 0 Å². The number of H-pyrrole nitrogens is 1. The molecule has 5 heteroatoms. The number of fused-ring (bicyclic) bond motifs is 1. The van der Waals surface area contributed by atoms with Gasteiger partial charge >= 0.3 is 6.18 Å². The van der Waals surface area contributed by atoms with E-state index in [1.807, 2.05) is 30.5 Å². The summed E-state index contributed by atoms with van der Waals surface area (Å²) in [4.78, 5) is 3.09. The van der Waals surface area contributed by atoms with Crippen LogP contribution in [-0.4, -0.2) is 12.0 Å². The molecule has 3 aromatic rings. The van der Waals surface area contributed by atoms with E-state index in [0.29, 0.717) is 17.7 Å². The van der Waals surface area contributed by atoms with Crippen molar-refractivity contribution in [1.29, 1.82) is 0 Å². The molecule has 120 valence electrons. The lowest BCUT2D eigenvalue weighted by Crippen LogP contribution is -2.15. The van der Waals surface area contributed by atoms with Crippen molar-refractivity contribution >= 4 is 10.9 Å². The summed E-state index contributed by atoms with van der Waals surface area (Å²) in [6.07, 6.45) is -2.27. The normalized spacial score (nSPS) is 12.0. The lowest BCUT2D eigenvalue weighted by atomic mass is 9.94. The molecule has 0 spiro atoms. The molecule has 3 rings (SSSR count). The highest BCUT2D eigenvalue weighted by Gasteiger charge is 2.33. The van der Waals surface area contributed by atoms with Crippen molar-refractivity contribution in [3.05, 3.63) is 70.9 Å². The van der Waals surface area contributed by atoms with Crippen molar-refractivity contribution < 1.29 is 13.2 Å². The summed E-state index contributed by atoms with van der Waals surface area (Å²) in [6.45, 7) is 0.408. The van der Waals surface area contributed by atoms with Crippen LogP contribution in [0.2, 0.25) is 0 Å². The molecule has 2 nitrogen and oxygen atoms in total. The maximum Gasteiger partial charge on any atom is 0.416 e. The summed E-state index contributed by atoms with van der Waals surface area (Å²) in [7, 11) is 1.73. The number of rotatable bonds is 4. The number of hydrogen-bond acceptors (Lipinski definition) is 1. The average Bonchev–Trinajstić information content (AvgIpc) is 2.95. The van der Waals surface area contributed by atoms with Crippen LogP contribution in [0.15, 0.2) is 48.7 Å². The van der Waals surface area contributed by atoms with E-state index in [2.05, 4.69) is 10.3 Å². The lowest BCUT2D eigenvalue weighted by molar-refractivity contribution is -0.138. The summed E-state index contributed by atoms with van der Waals surface area (Å²) >= 11 is 0. The maximum atomic E-state index is 13.3. The second-order valence-electron chi connectivity index (χ2n) is 5.55. The van der Waals surface area contributed by atoms with Crippen LogP contribution in [0.1, 0.15) is 22.3 Å². The van der Waals surface area contributed by atoms with E-state index in [-0.39, 0.29) is 6.42 Å². The van der Waals surface area contributed by atoms with Crippen LogP contribution in [0.25, 0.3) is 10.9 Å². The predicted molar refractivity (Wildman–Crippen MR) is 85.3 cm³/mol. The second-order valence-corrected chi connectivity index (χ2v) is 5.55. The summed E-state index contributed by atoms with van der Waals surface area (Å²) in [5, 5.41) is 3.94. The lowest BCUT2D eigenvalue weighted by Gasteiger charge is -2.17. The van der Waals surface area contributed by atoms with Crippen LogP contribution in [0.4, 0.5) is 13.2 Å². The molecule has 0 aliphatic heterocycles. The molecule has 0 aliphatic rings. The first kappa shape index (κ1) is 15.6. The minimum absolute atomic E-state index is 0.258. The third kappa shape index (κ3) is 3.24. The Kier molecular flexibility index (Phi) is 4.13. The topological polar surface area (TPSA) is 27.8 Å². The SMILES string of the molecule is CNCc1cccc(C(F)(F)F)c1Cc1ccc2[nH]ccc2c1. The van der Waals surface area contributed by atoms with Crippen LogP contribution >= 0.6 is 0 Å². The molecule has 0 saturated heterocycles. The van der Waals surface area contributed by atoms with Gasteiger partial charge in [-0.3, -0.25) is 0 Å². The number of alkyl halides is 3. The zero-order valence-electron chi connectivity index (χ0n) is 12.7. The molecule has 0 aliphatic carbocycles. The number of hydrogen-bond donors (Lipinski definition) is 2. The van der Waals surface area contributed by atoms with Crippen molar-refractivity contribution in [2.24, 2.45) is 0 Å². The van der Waals surface area contributed by atoms with E-state index < -0.39 is 11.7 Å². The van der Waals surface area contributed by atoms with Gasteiger partial charge in [-0.2, -0.15) is 13.2 Å². The van der Waals surface area contributed by atoms with Crippen molar-refractivity contribution in [2.45, 2.75) is 19.1 Å². The van der Waals surface area contributed by atoms with Crippen LogP contribution in [0.5, 0.6) is 0 Å².